The maximum absolute atomic E-state index is 13.6. The van der Waals surface area contributed by atoms with Crippen LogP contribution in [-0.2, 0) is 24.3 Å². The molecule has 0 radical (unpaired) electrons. The average molecular weight is 501 g/mol. The summed E-state index contributed by atoms with van der Waals surface area (Å²) in [6.45, 7) is 3.98. The van der Waals surface area contributed by atoms with E-state index < -0.39 is 39.5 Å². The molecule has 1 amide bonds. The van der Waals surface area contributed by atoms with Gasteiger partial charge < -0.3 is 14.5 Å². The molecule has 2 aromatic rings. The van der Waals surface area contributed by atoms with Crippen molar-refractivity contribution in [2.75, 3.05) is 53.5 Å². The van der Waals surface area contributed by atoms with Gasteiger partial charge in [0, 0.05) is 19.7 Å². The number of nitrogens with one attached hydrogen (secondary N) is 1. The Bertz CT molecular complexity index is 1190. The minimum absolute atomic E-state index is 0.0441. The van der Waals surface area contributed by atoms with E-state index in [0.29, 0.717) is 31.9 Å². The quantitative estimate of drug-likeness (QED) is 0.306. The molecule has 2 fully saturated rings. The highest BCUT2D eigenvalue weighted by Gasteiger charge is 2.51. The predicted octanol–water partition coefficient (Wildman–Crippen LogP) is -0.196. The summed E-state index contributed by atoms with van der Waals surface area (Å²) < 4.78 is 31.2. The van der Waals surface area contributed by atoms with Crippen molar-refractivity contribution in [3.8, 4) is 0 Å². The number of hydrogen-bond donors (Lipinski definition) is 1. The van der Waals surface area contributed by atoms with Crippen LogP contribution in [-0.4, -0.2) is 88.6 Å². The fraction of sp³-hybridized carbons (Fsp3) is 0.400. The molecule has 186 valence electrons. The van der Waals surface area contributed by atoms with E-state index in [1.807, 2.05) is 30.3 Å². The summed E-state index contributed by atoms with van der Waals surface area (Å²) in [7, 11) is -0.806. The van der Waals surface area contributed by atoms with Crippen LogP contribution in [0.3, 0.4) is 0 Å². The lowest BCUT2D eigenvalue weighted by molar-refractivity contribution is -0.907. The summed E-state index contributed by atoms with van der Waals surface area (Å²) in [5, 5.41) is 0. The van der Waals surface area contributed by atoms with Crippen molar-refractivity contribution in [2.24, 2.45) is 5.92 Å². The number of hydrogen-bond acceptors (Lipinski definition) is 6. The zero-order valence-electron chi connectivity index (χ0n) is 19.8. The number of sulfonamides is 1. The van der Waals surface area contributed by atoms with E-state index in [-0.39, 0.29) is 10.5 Å². The maximum Gasteiger partial charge on any atom is 0.291 e. The summed E-state index contributed by atoms with van der Waals surface area (Å²) in [4.78, 5) is 42.6. The highest BCUT2D eigenvalue weighted by Crippen LogP contribution is 2.38. The van der Waals surface area contributed by atoms with Crippen LogP contribution in [0.25, 0.3) is 0 Å². The van der Waals surface area contributed by atoms with E-state index in [2.05, 4.69) is 0 Å². The summed E-state index contributed by atoms with van der Waals surface area (Å²) in [6, 6.07) is 13.9. The Labute approximate surface area is 205 Å². The number of nitrogens with zero attached hydrogens (tertiary/aromatic N) is 2. The highest BCUT2D eigenvalue weighted by molar-refractivity contribution is 7.89. The average Bonchev–Trinajstić information content (AvgIpc) is 3.13. The molecule has 0 aliphatic carbocycles. The summed E-state index contributed by atoms with van der Waals surface area (Å²) in [5.41, 5.74) is 0.907. The topological polar surface area (TPSA) is 106 Å². The lowest BCUT2D eigenvalue weighted by Crippen LogP contribution is -3.14. The second-order valence-electron chi connectivity index (χ2n) is 8.98. The Balaban J connectivity index is 1.63. The summed E-state index contributed by atoms with van der Waals surface area (Å²) in [6.07, 6.45) is 0. The Morgan fingerprint density at radius 2 is 1.66 bits per heavy atom. The van der Waals surface area contributed by atoms with E-state index in [0.717, 1.165) is 17.4 Å². The number of amides is 1. The standard InChI is InChI=1S/C25H29N3O6S/c1-26(2)35(32,33)20-10-8-19(9-11-20)23(29)21-22(18-6-4-3-5-7-18)28(25(31)24(21)30)13-12-27-14-16-34-17-15-27/h3-11,21-22H,12-17H2,1-2H3/p+1. The van der Waals surface area contributed by atoms with E-state index >= 15 is 0 Å². The second kappa shape index (κ2) is 10.4. The van der Waals surface area contributed by atoms with E-state index in [9.17, 15) is 22.8 Å². The van der Waals surface area contributed by atoms with Crippen molar-refractivity contribution in [3.05, 3.63) is 65.7 Å². The smallest absolute Gasteiger partial charge is 0.291 e. The summed E-state index contributed by atoms with van der Waals surface area (Å²) >= 11 is 0. The molecular weight excluding hydrogens is 470 g/mol. The van der Waals surface area contributed by atoms with Crippen molar-refractivity contribution >= 4 is 27.5 Å². The van der Waals surface area contributed by atoms with Crippen molar-refractivity contribution in [1.29, 1.82) is 0 Å². The highest BCUT2D eigenvalue weighted by atomic mass is 32.2. The number of likely N-dealkylation sites (tertiary alicyclic amines) is 1. The monoisotopic (exact) mass is 500 g/mol. The zero-order valence-corrected chi connectivity index (χ0v) is 20.7. The molecule has 2 aliphatic rings. The van der Waals surface area contributed by atoms with Crippen LogP contribution in [0, 0.1) is 5.92 Å². The third kappa shape index (κ3) is 5.06. The van der Waals surface area contributed by atoms with Gasteiger partial charge in [-0.2, -0.15) is 0 Å². The first-order valence-electron chi connectivity index (χ1n) is 11.6. The van der Waals surface area contributed by atoms with Crippen LogP contribution in [0.15, 0.2) is 59.5 Å². The molecule has 2 aliphatic heterocycles. The third-order valence-electron chi connectivity index (χ3n) is 6.65. The van der Waals surface area contributed by atoms with Crippen LogP contribution in [0.5, 0.6) is 0 Å². The van der Waals surface area contributed by atoms with Crippen molar-refractivity contribution in [2.45, 2.75) is 10.9 Å². The normalized spacial score (nSPS) is 21.6. The first-order chi connectivity index (χ1) is 16.7. The van der Waals surface area contributed by atoms with Gasteiger partial charge in [-0.3, -0.25) is 14.4 Å². The Morgan fingerprint density at radius 3 is 2.26 bits per heavy atom. The summed E-state index contributed by atoms with van der Waals surface area (Å²) in [5.74, 6) is -3.07. The Hall–Kier alpha value is -2.92. The lowest BCUT2D eigenvalue weighted by Gasteiger charge is -2.30. The Morgan fingerprint density at radius 1 is 1.03 bits per heavy atom. The van der Waals surface area contributed by atoms with Crippen molar-refractivity contribution in [1.82, 2.24) is 9.21 Å². The number of rotatable bonds is 8. The zero-order chi connectivity index (χ0) is 25.2. The minimum Gasteiger partial charge on any atom is -0.370 e. The number of quaternary nitrogens is 1. The van der Waals surface area contributed by atoms with Crippen LogP contribution in [0.2, 0.25) is 0 Å². The number of carbonyl (C=O) groups is 3. The van der Waals surface area contributed by atoms with Gasteiger partial charge in [-0.1, -0.05) is 42.5 Å². The van der Waals surface area contributed by atoms with Gasteiger partial charge in [-0.15, -0.1) is 0 Å². The molecule has 9 nitrogen and oxygen atoms in total. The van der Waals surface area contributed by atoms with Crippen molar-refractivity contribution < 1.29 is 32.4 Å². The number of Topliss-reactive ketones (excluding diaryl/α,β-unsaturated/α-hetero) is 2. The predicted molar refractivity (Wildman–Crippen MR) is 127 cm³/mol. The molecule has 2 atom stereocenters. The molecule has 0 spiro atoms. The molecule has 2 saturated heterocycles. The fourth-order valence-corrected chi connectivity index (χ4v) is 5.52. The van der Waals surface area contributed by atoms with E-state index in [1.165, 1.54) is 48.2 Å². The molecule has 2 unspecified atom stereocenters. The molecule has 10 heteroatoms. The van der Waals surface area contributed by atoms with Gasteiger partial charge in [0.25, 0.3) is 5.91 Å². The minimum atomic E-state index is -3.66. The number of ketones is 2. The van der Waals surface area contributed by atoms with Gasteiger partial charge in [-0.25, -0.2) is 12.7 Å². The first-order valence-corrected chi connectivity index (χ1v) is 13.0. The molecule has 1 N–H and O–H groups in total. The molecular formula is C25H30N3O6S+. The largest absolute Gasteiger partial charge is 0.370 e. The molecule has 0 bridgehead atoms. The third-order valence-corrected chi connectivity index (χ3v) is 8.48. The number of carbonyl (C=O) groups excluding carboxylic acids is 3. The van der Waals surface area contributed by atoms with Crippen LogP contribution in [0.4, 0.5) is 0 Å². The maximum atomic E-state index is 13.6. The van der Waals surface area contributed by atoms with Crippen molar-refractivity contribution in [3.63, 3.8) is 0 Å². The lowest BCUT2D eigenvalue weighted by atomic mass is 9.86. The molecule has 2 heterocycles. The molecule has 35 heavy (non-hydrogen) atoms. The molecule has 2 aromatic carbocycles. The van der Waals surface area contributed by atoms with Gasteiger partial charge in [-0.05, 0) is 17.7 Å². The van der Waals surface area contributed by atoms with Gasteiger partial charge in [0.2, 0.25) is 15.8 Å². The van der Waals surface area contributed by atoms with Crippen LogP contribution < -0.4 is 4.90 Å². The molecule has 0 aromatic heterocycles. The van der Waals surface area contributed by atoms with Crippen LogP contribution in [0.1, 0.15) is 22.0 Å². The van der Waals surface area contributed by atoms with Gasteiger partial charge >= 0.3 is 0 Å². The number of ether oxygens (including phenoxy) is 1. The molecule has 0 saturated carbocycles. The van der Waals surface area contributed by atoms with Gasteiger partial charge in [0.05, 0.1) is 37.2 Å². The SMILES string of the molecule is CN(C)S(=O)(=O)c1ccc(C(=O)C2C(=O)C(=O)N(CC[NH+]3CCOCC3)C2c2ccccc2)cc1. The molecule has 4 rings (SSSR count). The Kier molecular flexibility index (Phi) is 7.46. The van der Waals surface area contributed by atoms with E-state index in [1.54, 1.807) is 0 Å². The van der Waals surface area contributed by atoms with Gasteiger partial charge in [0.1, 0.15) is 19.0 Å². The van der Waals surface area contributed by atoms with Crippen LogP contribution >= 0.6 is 0 Å². The first kappa shape index (κ1) is 25.2. The number of morpholine rings is 1. The van der Waals surface area contributed by atoms with E-state index in [4.69, 9.17) is 4.74 Å². The van der Waals surface area contributed by atoms with Gasteiger partial charge in [0.15, 0.2) is 5.78 Å². The number of benzene rings is 2. The fourth-order valence-electron chi connectivity index (χ4n) is 4.62. The second-order valence-corrected chi connectivity index (χ2v) is 11.1.